The number of alkyl halides is 3. The molecule has 1 aliphatic rings. The van der Waals surface area contributed by atoms with E-state index in [0.717, 1.165) is 0 Å². The summed E-state index contributed by atoms with van der Waals surface area (Å²) in [5.74, 6) is -1.66. The number of fused-ring (bicyclic) bond motifs is 1. The van der Waals surface area contributed by atoms with Gasteiger partial charge in [-0.25, -0.2) is 4.68 Å². The number of hydrogen-bond acceptors (Lipinski definition) is 4. The predicted octanol–water partition coefficient (Wildman–Crippen LogP) is 2.67. The minimum absolute atomic E-state index is 0.0216. The average Bonchev–Trinajstić information content (AvgIpc) is 2.84. The lowest BCUT2D eigenvalue weighted by molar-refractivity contribution is -0.255. The van der Waals surface area contributed by atoms with Gasteiger partial charge in [0.25, 0.3) is 0 Å². The molecule has 0 spiro atoms. The van der Waals surface area contributed by atoms with Gasteiger partial charge in [-0.3, -0.25) is 0 Å². The third kappa shape index (κ3) is 2.80. The second-order valence-corrected chi connectivity index (χ2v) is 5.94. The highest BCUT2D eigenvalue weighted by molar-refractivity contribution is 9.10. The Bertz CT molecular complexity index is 746. The van der Waals surface area contributed by atoms with Crippen molar-refractivity contribution < 1.29 is 23.1 Å². The van der Waals surface area contributed by atoms with Gasteiger partial charge in [-0.05, 0) is 21.5 Å². The lowest BCUT2D eigenvalue weighted by Crippen LogP contribution is -2.36. The molecule has 1 aliphatic heterocycles. The fourth-order valence-electron chi connectivity index (χ4n) is 2.62. The van der Waals surface area contributed by atoms with Crippen LogP contribution in [0.15, 0.2) is 34.8 Å². The second-order valence-electron chi connectivity index (χ2n) is 5.14. The minimum Gasteiger partial charge on any atom is -0.543 e. The van der Waals surface area contributed by atoms with Crippen molar-refractivity contribution in [1.29, 1.82) is 0 Å². The van der Waals surface area contributed by atoms with Crippen molar-refractivity contribution >= 4 is 27.7 Å². The summed E-state index contributed by atoms with van der Waals surface area (Å²) in [4.78, 5) is 11.0. The molecule has 122 valence electrons. The molecule has 2 heterocycles. The number of aromatic nitrogens is 2. The Morgan fingerprint density at radius 2 is 2.00 bits per heavy atom. The molecule has 2 unspecified atom stereocenters. The number of carbonyl (C=O) groups excluding carboxylic acids is 1. The van der Waals surface area contributed by atoms with Crippen molar-refractivity contribution in [3.05, 3.63) is 46.1 Å². The molecule has 1 N–H and O–H groups in total. The summed E-state index contributed by atoms with van der Waals surface area (Å²) >= 11 is 3.00. The van der Waals surface area contributed by atoms with Crippen LogP contribution in [0.25, 0.3) is 0 Å². The fourth-order valence-corrected chi connectivity index (χ4v) is 3.16. The van der Waals surface area contributed by atoms with Gasteiger partial charge in [-0.1, -0.05) is 30.3 Å². The number of nitrogens with one attached hydrogen (secondary N) is 1. The summed E-state index contributed by atoms with van der Waals surface area (Å²) in [6.45, 7) is 0. The Labute approximate surface area is 137 Å². The Hall–Kier alpha value is -2.03. The third-order valence-electron chi connectivity index (χ3n) is 3.69. The predicted molar refractivity (Wildman–Crippen MR) is 76.8 cm³/mol. The molecule has 2 aromatic rings. The van der Waals surface area contributed by atoms with E-state index in [9.17, 15) is 23.1 Å². The van der Waals surface area contributed by atoms with Crippen LogP contribution in [0.5, 0.6) is 0 Å². The molecule has 1 aromatic heterocycles. The molecule has 3 rings (SSSR count). The van der Waals surface area contributed by atoms with Gasteiger partial charge in [-0.15, -0.1) is 0 Å². The number of aromatic carboxylic acids is 1. The topological polar surface area (TPSA) is 70.0 Å². The maximum atomic E-state index is 13.4. The zero-order valence-electron chi connectivity index (χ0n) is 11.5. The molecule has 0 aliphatic carbocycles. The molecule has 0 saturated heterocycles. The summed E-state index contributed by atoms with van der Waals surface area (Å²) < 4.78 is 40.8. The smallest absolute Gasteiger partial charge is 0.410 e. The number of anilines is 1. The van der Waals surface area contributed by atoms with Crippen LogP contribution in [-0.2, 0) is 0 Å². The Kier molecular flexibility index (Phi) is 3.83. The van der Waals surface area contributed by atoms with Gasteiger partial charge in [0.15, 0.2) is 6.04 Å². The summed E-state index contributed by atoms with van der Waals surface area (Å²) in [5.41, 5.74) is 0.117. The minimum atomic E-state index is -4.56. The lowest BCUT2D eigenvalue weighted by Gasteiger charge is -2.33. The third-order valence-corrected chi connectivity index (χ3v) is 4.44. The van der Waals surface area contributed by atoms with E-state index >= 15 is 0 Å². The summed E-state index contributed by atoms with van der Waals surface area (Å²) in [7, 11) is 0. The largest absolute Gasteiger partial charge is 0.543 e. The SMILES string of the molecule is O=C([O-])c1nn2c(c1Br)NC(c1ccccc1)CC2C(F)(F)F. The number of halogens is 4. The lowest BCUT2D eigenvalue weighted by atomic mass is 9.97. The van der Waals surface area contributed by atoms with E-state index in [4.69, 9.17) is 0 Å². The van der Waals surface area contributed by atoms with Crippen LogP contribution in [0.4, 0.5) is 19.0 Å². The Balaban J connectivity index is 2.10. The van der Waals surface area contributed by atoms with Crippen LogP contribution in [0.1, 0.15) is 34.6 Å². The molecule has 0 saturated carbocycles. The number of carboxylic acid groups (broad SMARTS) is 1. The number of carboxylic acids is 1. The van der Waals surface area contributed by atoms with E-state index in [-0.39, 0.29) is 16.7 Å². The van der Waals surface area contributed by atoms with E-state index in [1.165, 1.54) is 0 Å². The van der Waals surface area contributed by atoms with E-state index in [1.807, 2.05) is 0 Å². The van der Waals surface area contributed by atoms with Crippen LogP contribution in [0.2, 0.25) is 0 Å². The number of carbonyl (C=O) groups is 1. The van der Waals surface area contributed by atoms with Crippen LogP contribution in [0, 0.1) is 0 Å². The molecule has 0 bridgehead atoms. The van der Waals surface area contributed by atoms with E-state index in [0.29, 0.717) is 10.2 Å². The molecular weight excluding hydrogens is 379 g/mol. The molecule has 1 aromatic carbocycles. The molecule has 0 radical (unpaired) electrons. The van der Waals surface area contributed by atoms with Gasteiger partial charge in [0, 0.05) is 6.42 Å². The van der Waals surface area contributed by atoms with Gasteiger partial charge in [-0.2, -0.15) is 18.3 Å². The first-order valence-electron chi connectivity index (χ1n) is 6.66. The van der Waals surface area contributed by atoms with Gasteiger partial charge >= 0.3 is 6.18 Å². The fraction of sp³-hybridized carbons (Fsp3) is 0.286. The van der Waals surface area contributed by atoms with Crippen molar-refractivity contribution in [2.45, 2.75) is 24.7 Å². The van der Waals surface area contributed by atoms with Crippen molar-refractivity contribution in [3.63, 3.8) is 0 Å². The first-order valence-corrected chi connectivity index (χ1v) is 7.46. The summed E-state index contributed by atoms with van der Waals surface area (Å²) in [6, 6.07) is 6.11. The van der Waals surface area contributed by atoms with E-state index < -0.39 is 29.9 Å². The number of rotatable bonds is 2. The maximum absolute atomic E-state index is 13.4. The summed E-state index contributed by atoms with van der Waals surface area (Å²) in [6.07, 6.45) is -4.85. The van der Waals surface area contributed by atoms with Gasteiger partial charge in [0.2, 0.25) is 0 Å². The molecule has 5 nitrogen and oxygen atoms in total. The highest BCUT2D eigenvalue weighted by Crippen LogP contribution is 2.46. The molecule has 23 heavy (non-hydrogen) atoms. The zero-order chi connectivity index (χ0) is 16.8. The van der Waals surface area contributed by atoms with E-state index in [1.54, 1.807) is 30.3 Å². The Morgan fingerprint density at radius 3 is 2.57 bits per heavy atom. The van der Waals surface area contributed by atoms with Gasteiger partial charge in [0.05, 0.1) is 16.5 Å². The summed E-state index contributed by atoms with van der Waals surface area (Å²) in [5, 5.41) is 17.5. The van der Waals surface area contributed by atoms with E-state index in [2.05, 4.69) is 26.3 Å². The highest BCUT2D eigenvalue weighted by atomic mass is 79.9. The molecule has 0 amide bonds. The zero-order valence-corrected chi connectivity index (χ0v) is 13.1. The normalized spacial score (nSPS) is 20.7. The quantitative estimate of drug-likeness (QED) is 0.858. The first kappa shape index (κ1) is 15.9. The average molecular weight is 389 g/mol. The van der Waals surface area contributed by atoms with Crippen molar-refractivity contribution in [1.82, 2.24) is 9.78 Å². The molecular formula is C14H10BrF3N3O2-. The van der Waals surface area contributed by atoms with Crippen LogP contribution >= 0.6 is 15.9 Å². The number of benzene rings is 1. The second kappa shape index (κ2) is 5.55. The molecule has 9 heteroatoms. The maximum Gasteiger partial charge on any atom is 0.410 e. The molecule has 0 fully saturated rings. The van der Waals surface area contributed by atoms with Gasteiger partial charge < -0.3 is 15.2 Å². The van der Waals surface area contributed by atoms with Crippen molar-refractivity contribution in [2.24, 2.45) is 0 Å². The standard InChI is InChI=1S/C14H11BrF3N3O2/c15-10-11(13(22)23)20-21-9(14(16,17)18)6-8(19-12(10)21)7-4-2-1-3-5-7/h1-5,8-9,19H,6H2,(H,22,23)/p-1. The van der Waals surface area contributed by atoms with Crippen molar-refractivity contribution in [2.75, 3.05) is 5.32 Å². The number of nitrogens with zero attached hydrogens (tertiary/aromatic N) is 2. The highest BCUT2D eigenvalue weighted by Gasteiger charge is 2.47. The first-order chi connectivity index (χ1) is 10.8. The van der Waals surface area contributed by atoms with Gasteiger partial charge in [0.1, 0.15) is 11.5 Å². The monoisotopic (exact) mass is 388 g/mol. The molecule has 2 atom stereocenters. The van der Waals surface area contributed by atoms with Crippen LogP contribution in [-0.4, -0.2) is 21.9 Å². The van der Waals surface area contributed by atoms with Crippen molar-refractivity contribution in [3.8, 4) is 0 Å². The van der Waals surface area contributed by atoms with Crippen LogP contribution in [0.3, 0.4) is 0 Å². The van der Waals surface area contributed by atoms with Crippen LogP contribution < -0.4 is 10.4 Å². The Morgan fingerprint density at radius 1 is 1.35 bits per heavy atom. The number of hydrogen-bond donors (Lipinski definition) is 1.